The third-order valence-electron chi connectivity index (χ3n) is 4.26. The molecule has 2 aromatic rings. The molecule has 0 radical (unpaired) electrons. The molecule has 0 unspecified atom stereocenters. The van der Waals surface area contributed by atoms with Crippen LogP contribution in [0, 0.1) is 5.82 Å². The Balaban J connectivity index is 1.78. The van der Waals surface area contributed by atoms with E-state index in [1.165, 1.54) is 13.0 Å². The Bertz CT molecular complexity index is 827. The van der Waals surface area contributed by atoms with Crippen LogP contribution in [0.25, 0.3) is 16.7 Å². The zero-order valence-corrected chi connectivity index (χ0v) is 14.6. The van der Waals surface area contributed by atoms with Gasteiger partial charge in [-0.15, -0.1) is 0 Å². The maximum atomic E-state index is 14.6. The van der Waals surface area contributed by atoms with E-state index in [1.54, 1.807) is 6.07 Å². The Morgan fingerprint density at radius 3 is 2.77 bits per heavy atom. The normalized spacial score (nSPS) is 15.3. The van der Waals surface area contributed by atoms with Gasteiger partial charge in [0.2, 0.25) is 0 Å². The summed E-state index contributed by atoms with van der Waals surface area (Å²) in [6.07, 6.45) is 1.47. The van der Waals surface area contributed by atoms with E-state index < -0.39 is 12.1 Å². The van der Waals surface area contributed by atoms with Crippen LogP contribution in [0.3, 0.4) is 0 Å². The fraction of sp³-hybridized carbons (Fsp3) is 0.286. The lowest BCUT2D eigenvalue weighted by Gasteiger charge is -2.15. The van der Waals surface area contributed by atoms with Gasteiger partial charge in [-0.2, -0.15) is 0 Å². The molecule has 1 N–H and O–H groups in total. The van der Waals surface area contributed by atoms with Gasteiger partial charge in [-0.25, -0.2) is 9.18 Å². The van der Waals surface area contributed by atoms with Gasteiger partial charge < -0.3 is 14.6 Å². The molecule has 4 nitrogen and oxygen atoms in total. The van der Waals surface area contributed by atoms with Crippen molar-refractivity contribution < 1.29 is 23.8 Å². The highest BCUT2D eigenvalue weighted by Crippen LogP contribution is 2.28. The van der Waals surface area contributed by atoms with Gasteiger partial charge in [0.1, 0.15) is 18.5 Å². The molecule has 0 aromatic heterocycles. The molecule has 0 spiro atoms. The number of rotatable bonds is 5. The number of esters is 1. The van der Waals surface area contributed by atoms with Crippen LogP contribution in [0.2, 0.25) is 0 Å². The van der Waals surface area contributed by atoms with Crippen molar-refractivity contribution >= 4 is 11.5 Å². The smallest absolute Gasteiger partial charge is 0.334 e. The molecule has 1 heterocycles. The average Bonchev–Trinajstić information content (AvgIpc) is 2.67. The van der Waals surface area contributed by atoms with Crippen LogP contribution in [-0.4, -0.2) is 30.4 Å². The molecular weight excluding hydrogens is 335 g/mol. The van der Waals surface area contributed by atoms with Crippen molar-refractivity contribution in [1.82, 2.24) is 0 Å². The van der Waals surface area contributed by atoms with Crippen LogP contribution in [-0.2, 0) is 20.9 Å². The van der Waals surface area contributed by atoms with Crippen LogP contribution in [0.5, 0.6) is 0 Å². The third kappa shape index (κ3) is 4.36. The topological polar surface area (TPSA) is 55.8 Å². The predicted octanol–water partition coefficient (Wildman–Crippen LogP) is 3.72. The van der Waals surface area contributed by atoms with Gasteiger partial charge in [0.25, 0.3) is 0 Å². The lowest BCUT2D eigenvalue weighted by atomic mass is 9.96. The van der Waals surface area contributed by atoms with Crippen molar-refractivity contribution in [3.8, 4) is 11.1 Å². The molecule has 0 saturated carbocycles. The minimum Gasteiger partial charge on any atom is -0.459 e. The van der Waals surface area contributed by atoms with E-state index in [-0.39, 0.29) is 12.4 Å². The molecule has 26 heavy (non-hydrogen) atoms. The Morgan fingerprint density at radius 1 is 1.27 bits per heavy atom. The first kappa shape index (κ1) is 18.3. The molecular formula is C21H21FO4. The monoisotopic (exact) mass is 356 g/mol. The van der Waals surface area contributed by atoms with Gasteiger partial charge in [0.05, 0.1) is 13.2 Å². The Morgan fingerprint density at radius 2 is 2.08 bits per heavy atom. The van der Waals surface area contributed by atoms with Crippen LogP contribution >= 0.6 is 0 Å². The molecule has 0 saturated heterocycles. The summed E-state index contributed by atoms with van der Waals surface area (Å²) < 4.78 is 24.9. The van der Waals surface area contributed by atoms with Gasteiger partial charge in [0.15, 0.2) is 0 Å². The zero-order chi connectivity index (χ0) is 18.5. The largest absolute Gasteiger partial charge is 0.459 e. The average molecular weight is 356 g/mol. The van der Waals surface area contributed by atoms with E-state index in [9.17, 15) is 9.18 Å². The molecule has 3 rings (SSSR count). The standard InChI is InChI=1S/C21H21FO4/c1-14(23)21(24)26-13-15-3-2-4-17(11-15)18-5-6-19(20(22)12-18)16-7-9-25-10-8-16/h2-7,11-12,14,23H,8-10,13H2,1H3/t14-/m0/s1. The van der Waals surface area contributed by atoms with Crippen molar-refractivity contribution in [3.63, 3.8) is 0 Å². The lowest BCUT2D eigenvalue weighted by Crippen LogP contribution is -2.18. The summed E-state index contributed by atoms with van der Waals surface area (Å²) >= 11 is 0. The fourth-order valence-corrected chi connectivity index (χ4v) is 2.84. The summed E-state index contributed by atoms with van der Waals surface area (Å²) in [5.41, 5.74) is 3.94. The van der Waals surface area contributed by atoms with Crippen LogP contribution in [0.15, 0.2) is 48.5 Å². The summed E-state index contributed by atoms with van der Waals surface area (Å²) in [5, 5.41) is 9.17. The summed E-state index contributed by atoms with van der Waals surface area (Å²) in [6.45, 7) is 2.55. The predicted molar refractivity (Wildman–Crippen MR) is 96.7 cm³/mol. The quantitative estimate of drug-likeness (QED) is 0.830. The first-order valence-electron chi connectivity index (χ1n) is 8.55. The molecule has 1 aliphatic heterocycles. The molecule has 0 fully saturated rings. The maximum absolute atomic E-state index is 14.6. The van der Waals surface area contributed by atoms with E-state index in [0.717, 1.165) is 22.3 Å². The minimum atomic E-state index is -1.15. The fourth-order valence-electron chi connectivity index (χ4n) is 2.84. The van der Waals surface area contributed by atoms with Crippen LogP contribution in [0.1, 0.15) is 24.5 Å². The highest BCUT2D eigenvalue weighted by molar-refractivity contribution is 5.74. The number of benzene rings is 2. The molecule has 0 aliphatic carbocycles. The number of halogens is 1. The number of carbonyl (C=O) groups is 1. The second-order valence-electron chi connectivity index (χ2n) is 6.23. The molecule has 5 heteroatoms. The van der Waals surface area contributed by atoms with Gasteiger partial charge in [-0.3, -0.25) is 0 Å². The van der Waals surface area contributed by atoms with E-state index in [4.69, 9.17) is 14.6 Å². The van der Waals surface area contributed by atoms with Gasteiger partial charge in [-0.1, -0.05) is 36.4 Å². The first-order valence-corrected chi connectivity index (χ1v) is 8.55. The van der Waals surface area contributed by atoms with Crippen molar-refractivity contribution in [3.05, 3.63) is 65.5 Å². The van der Waals surface area contributed by atoms with Crippen molar-refractivity contribution in [1.29, 1.82) is 0 Å². The molecule has 1 atom stereocenters. The number of hydrogen-bond acceptors (Lipinski definition) is 4. The molecule has 1 aliphatic rings. The minimum absolute atomic E-state index is 0.0605. The molecule has 0 bridgehead atoms. The van der Waals surface area contributed by atoms with Gasteiger partial charge in [0, 0.05) is 5.56 Å². The molecule has 2 aromatic carbocycles. The van der Waals surface area contributed by atoms with Crippen molar-refractivity contribution in [2.24, 2.45) is 0 Å². The summed E-state index contributed by atoms with van der Waals surface area (Å²) in [7, 11) is 0. The van der Waals surface area contributed by atoms with Gasteiger partial charge in [-0.05, 0) is 47.7 Å². The molecule has 136 valence electrons. The highest BCUT2D eigenvalue weighted by atomic mass is 19.1. The SMILES string of the molecule is C[C@H](O)C(=O)OCc1cccc(-c2ccc(C3=CCOCC3)c(F)c2)c1. The summed E-state index contributed by atoms with van der Waals surface area (Å²) in [6, 6.07) is 12.6. The van der Waals surface area contributed by atoms with E-state index in [1.807, 2.05) is 36.4 Å². The van der Waals surface area contributed by atoms with Crippen LogP contribution in [0.4, 0.5) is 4.39 Å². The number of carbonyl (C=O) groups excluding carboxylic acids is 1. The third-order valence-corrected chi connectivity index (χ3v) is 4.26. The number of hydrogen-bond donors (Lipinski definition) is 1. The highest BCUT2D eigenvalue weighted by Gasteiger charge is 2.13. The van der Waals surface area contributed by atoms with Crippen molar-refractivity contribution in [2.75, 3.05) is 13.2 Å². The van der Waals surface area contributed by atoms with Crippen LogP contribution < -0.4 is 0 Å². The summed E-state index contributed by atoms with van der Waals surface area (Å²) in [5.74, 6) is -0.933. The first-order chi connectivity index (χ1) is 12.5. The Kier molecular flexibility index (Phi) is 5.81. The second kappa shape index (κ2) is 8.25. The number of ether oxygens (including phenoxy) is 2. The van der Waals surface area contributed by atoms with E-state index in [2.05, 4.69) is 0 Å². The second-order valence-corrected chi connectivity index (χ2v) is 6.23. The van der Waals surface area contributed by atoms with E-state index >= 15 is 0 Å². The Hall–Kier alpha value is -2.50. The maximum Gasteiger partial charge on any atom is 0.334 e. The number of aliphatic hydroxyl groups is 1. The Labute approximate surface area is 151 Å². The van der Waals surface area contributed by atoms with E-state index in [0.29, 0.717) is 25.2 Å². The zero-order valence-electron chi connectivity index (χ0n) is 14.6. The van der Waals surface area contributed by atoms with Gasteiger partial charge >= 0.3 is 5.97 Å². The molecule has 0 amide bonds. The van der Waals surface area contributed by atoms with Crippen molar-refractivity contribution in [2.45, 2.75) is 26.1 Å². The number of aliphatic hydroxyl groups excluding tert-OH is 1. The lowest BCUT2D eigenvalue weighted by molar-refractivity contribution is -0.153. The summed E-state index contributed by atoms with van der Waals surface area (Å²) in [4.78, 5) is 11.4.